The molecule has 5 heteroatoms. The lowest BCUT2D eigenvalue weighted by Crippen LogP contribution is -2.36. The SMILES string of the molecule is O=C(C=Cc1ccc(-c2ccc(Br)cc2)o1)c1cccc(N2CCOCC2)c1. The number of allylic oxidation sites excluding steroid dienone is 1. The van der Waals surface area contributed by atoms with Crippen LogP contribution in [0.1, 0.15) is 16.1 Å². The first-order valence-electron chi connectivity index (χ1n) is 9.20. The molecule has 0 N–H and O–H groups in total. The Morgan fingerprint density at radius 2 is 1.79 bits per heavy atom. The third-order valence-electron chi connectivity index (χ3n) is 4.66. The molecule has 2 aromatic carbocycles. The first-order valence-corrected chi connectivity index (χ1v) is 9.99. The maximum Gasteiger partial charge on any atom is 0.186 e. The molecule has 0 atom stereocenters. The van der Waals surface area contributed by atoms with E-state index in [1.807, 2.05) is 60.7 Å². The highest BCUT2D eigenvalue weighted by Gasteiger charge is 2.12. The van der Waals surface area contributed by atoms with E-state index in [2.05, 4.69) is 20.8 Å². The lowest BCUT2D eigenvalue weighted by atomic mass is 10.1. The summed E-state index contributed by atoms with van der Waals surface area (Å²) in [6.45, 7) is 3.13. The zero-order valence-electron chi connectivity index (χ0n) is 15.3. The van der Waals surface area contributed by atoms with Crippen molar-refractivity contribution in [2.75, 3.05) is 31.2 Å². The molecule has 0 spiro atoms. The van der Waals surface area contributed by atoms with E-state index < -0.39 is 0 Å². The number of carbonyl (C=O) groups is 1. The molecule has 0 aliphatic carbocycles. The zero-order chi connectivity index (χ0) is 19.3. The van der Waals surface area contributed by atoms with Crippen molar-refractivity contribution < 1.29 is 13.9 Å². The molecule has 1 fully saturated rings. The average Bonchev–Trinajstić information content (AvgIpc) is 3.22. The summed E-state index contributed by atoms with van der Waals surface area (Å²) in [4.78, 5) is 14.8. The van der Waals surface area contributed by atoms with Crippen molar-refractivity contribution in [3.63, 3.8) is 0 Å². The van der Waals surface area contributed by atoms with Gasteiger partial charge < -0.3 is 14.1 Å². The first-order chi connectivity index (χ1) is 13.7. The summed E-state index contributed by atoms with van der Waals surface area (Å²) in [5.41, 5.74) is 2.71. The Labute approximate surface area is 172 Å². The highest BCUT2D eigenvalue weighted by atomic mass is 79.9. The number of ketones is 1. The van der Waals surface area contributed by atoms with E-state index in [9.17, 15) is 4.79 Å². The normalized spacial score (nSPS) is 14.5. The van der Waals surface area contributed by atoms with Crippen LogP contribution in [0.2, 0.25) is 0 Å². The van der Waals surface area contributed by atoms with Crippen LogP contribution < -0.4 is 4.90 Å². The van der Waals surface area contributed by atoms with E-state index in [1.54, 1.807) is 12.2 Å². The van der Waals surface area contributed by atoms with E-state index in [0.29, 0.717) is 11.3 Å². The average molecular weight is 438 g/mol. The first kappa shape index (κ1) is 18.7. The van der Waals surface area contributed by atoms with Crippen LogP contribution in [0.4, 0.5) is 5.69 Å². The van der Waals surface area contributed by atoms with Crippen molar-refractivity contribution in [2.24, 2.45) is 0 Å². The van der Waals surface area contributed by atoms with E-state index >= 15 is 0 Å². The van der Waals surface area contributed by atoms with Gasteiger partial charge in [-0.15, -0.1) is 0 Å². The van der Waals surface area contributed by atoms with E-state index in [4.69, 9.17) is 9.15 Å². The topological polar surface area (TPSA) is 42.7 Å². The molecular formula is C23H20BrNO3. The molecule has 1 aliphatic rings. The number of morpholine rings is 1. The molecule has 142 valence electrons. The number of furan rings is 1. The molecule has 1 saturated heterocycles. The van der Waals surface area contributed by atoms with E-state index in [0.717, 1.165) is 47.8 Å². The molecule has 1 aromatic heterocycles. The van der Waals surface area contributed by atoms with Crippen molar-refractivity contribution in [1.29, 1.82) is 0 Å². The van der Waals surface area contributed by atoms with Gasteiger partial charge in [-0.1, -0.05) is 40.2 Å². The summed E-state index contributed by atoms with van der Waals surface area (Å²) in [6, 6.07) is 19.4. The molecule has 3 aromatic rings. The highest BCUT2D eigenvalue weighted by Crippen LogP contribution is 2.25. The van der Waals surface area contributed by atoms with Gasteiger partial charge in [0.05, 0.1) is 13.2 Å². The fraction of sp³-hybridized carbons (Fsp3) is 0.174. The molecule has 0 unspecified atom stereocenters. The standard InChI is InChI=1S/C23H20BrNO3/c24-19-6-4-17(5-7-19)23-11-9-21(28-23)8-10-22(26)18-2-1-3-20(16-18)25-12-14-27-15-13-25/h1-11,16H,12-15H2. The Bertz CT molecular complexity index is 985. The van der Waals surface area contributed by atoms with Crippen LogP contribution in [0.15, 0.2) is 75.6 Å². The fourth-order valence-corrected chi connectivity index (χ4v) is 3.41. The number of rotatable bonds is 5. The minimum absolute atomic E-state index is 0.0447. The molecule has 0 saturated carbocycles. The molecule has 0 amide bonds. The molecule has 4 rings (SSSR count). The predicted octanol–water partition coefficient (Wildman–Crippen LogP) is 5.44. The maximum atomic E-state index is 12.6. The van der Waals surface area contributed by atoms with Crippen LogP contribution >= 0.6 is 15.9 Å². The summed E-state index contributed by atoms with van der Waals surface area (Å²) < 4.78 is 12.3. The number of carbonyl (C=O) groups excluding carboxylic acids is 1. The second-order valence-electron chi connectivity index (χ2n) is 6.56. The second kappa shape index (κ2) is 8.59. The Morgan fingerprint density at radius 1 is 1.00 bits per heavy atom. The maximum absolute atomic E-state index is 12.6. The van der Waals surface area contributed by atoms with Crippen molar-refractivity contribution in [3.05, 3.63) is 82.5 Å². The van der Waals surface area contributed by atoms with Gasteiger partial charge in [-0.3, -0.25) is 4.79 Å². The van der Waals surface area contributed by atoms with Crippen molar-refractivity contribution in [3.8, 4) is 11.3 Å². The highest BCUT2D eigenvalue weighted by molar-refractivity contribution is 9.10. The van der Waals surface area contributed by atoms with Crippen LogP contribution in [-0.4, -0.2) is 32.1 Å². The van der Waals surface area contributed by atoms with Gasteiger partial charge in [-0.05, 0) is 48.6 Å². The number of anilines is 1. The van der Waals surface area contributed by atoms with Gasteiger partial charge in [-0.2, -0.15) is 0 Å². The second-order valence-corrected chi connectivity index (χ2v) is 7.47. The fourth-order valence-electron chi connectivity index (χ4n) is 3.14. The van der Waals surface area contributed by atoms with Crippen LogP contribution in [0, 0.1) is 0 Å². The monoisotopic (exact) mass is 437 g/mol. The predicted molar refractivity (Wildman–Crippen MR) is 115 cm³/mol. The van der Waals surface area contributed by atoms with Crippen LogP contribution in [0.3, 0.4) is 0 Å². The lowest BCUT2D eigenvalue weighted by Gasteiger charge is -2.29. The molecule has 2 heterocycles. The van der Waals surface area contributed by atoms with Gasteiger partial charge in [0, 0.05) is 34.4 Å². The summed E-state index contributed by atoms with van der Waals surface area (Å²) in [5, 5.41) is 0. The Kier molecular flexibility index (Phi) is 5.74. The molecule has 0 radical (unpaired) electrons. The summed E-state index contributed by atoms with van der Waals surface area (Å²) in [5.74, 6) is 1.38. The van der Waals surface area contributed by atoms with Crippen LogP contribution in [0.25, 0.3) is 17.4 Å². The quantitative estimate of drug-likeness (QED) is 0.393. The van der Waals surface area contributed by atoms with Gasteiger partial charge >= 0.3 is 0 Å². The molecule has 1 aliphatic heterocycles. The largest absolute Gasteiger partial charge is 0.457 e. The van der Waals surface area contributed by atoms with Crippen molar-refractivity contribution in [1.82, 2.24) is 0 Å². The number of hydrogen-bond acceptors (Lipinski definition) is 4. The Balaban J connectivity index is 1.46. The number of ether oxygens (including phenoxy) is 1. The zero-order valence-corrected chi connectivity index (χ0v) is 16.9. The summed E-state index contributed by atoms with van der Waals surface area (Å²) >= 11 is 3.43. The summed E-state index contributed by atoms with van der Waals surface area (Å²) in [6.07, 6.45) is 3.27. The van der Waals surface area contributed by atoms with Crippen LogP contribution in [-0.2, 0) is 4.74 Å². The smallest absolute Gasteiger partial charge is 0.186 e. The lowest BCUT2D eigenvalue weighted by molar-refractivity contribution is 0.104. The number of benzene rings is 2. The van der Waals surface area contributed by atoms with Gasteiger partial charge in [0.2, 0.25) is 0 Å². The molecule has 28 heavy (non-hydrogen) atoms. The minimum atomic E-state index is -0.0447. The van der Waals surface area contributed by atoms with Crippen molar-refractivity contribution >= 4 is 33.5 Å². The Morgan fingerprint density at radius 3 is 2.57 bits per heavy atom. The van der Waals surface area contributed by atoms with Crippen molar-refractivity contribution in [2.45, 2.75) is 0 Å². The summed E-state index contributed by atoms with van der Waals surface area (Å²) in [7, 11) is 0. The van der Waals surface area contributed by atoms with E-state index in [-0.39, 0.29) is 5.78 Å². The van der Waals surface area contributed by atoms with Gasteiger partial charge in [0.15, 0.2) is 5.78 Å². The van der Waals surface area contributed by atoms with Gasteiger partial charge in [0.1, 0.15) is 11.5 Å². The number of hydrogen-bond donors (Lipinski definition) is 0. The molecule has 4 nitrogen and oxygen atoms in total. The third kappa shape index (κ3) is 4.43. The molecular weight excluding hydrogens is 418 g/mol. The van der Waals surface area contributed by atoms with Gasteiger partial charge in [0.25, 0.3) is 0 Å². The van der Waals surface area contributed by atoms with Gasteiger partial charge in [-0.25, -0.2) is 0 Å². The Hall–Kier alpha value is -2.63. The van der Waals surface area contributed by atoms with Crippen LogP contribution in [0.5, 0.6) is 0 Å². The molecule has 0 bridgehead atoms. The van der Waals surface area contributed by atoms with E-state index in [1.165, 1.54) is 0 Å². The third-order valence-corrected chi connectivity index (χ3v) is 5.19. The number of nitrogens with zero attached hydrogens (tertiary/aromatic N) is 1. The minimum Gasteiger partial charge on any atom is -0.457 e. The number of halogens is 1.